The molecule has 0 N–H and O–H groups in total. The van der Waals surface area contributed by atoms with Gasteiger partial charge in [-0.2, -0.15) is 0 Å². The molecule has 0 aliphatic carbocycles. The van der Waals surface area contributed by atoms with Crippen molar-refractivity contribution in [3.05, 3.63) is 29.6 Å². The lowest BCUT2D eigenvalue weighted by Gasteiger charge is -2.32. The van der Waals surface area contributed by atoms with Crippen LogP contribution in [0.25, 0.3) is 0 Å². The topological polar surface area (TPSA) is 42.4 Å². The fourth-order valence-corrected chi connectivity index (χ4v) is 2.68. The Kier molecular flexibility index (Phi) is 4.91. The number of aromatic nitrogens is 1. The van der Waals surface area contributed by atoms with E-state index < -0.39 is 0 Å². The molecule has 0 radical (unpaired) electrons. The lowest BCUT2D eigenvalue weighted by molar-refractivity contribution is -0.136. The standard InChI is InChI=1S/C15H22N2O2/c1-12-5-3-7-14(16-12)9-13-6-4-8-17(10-13)15(18)11-19-2/h3,5,7,13H,4,6,8-11H2,1-2H3/t13-/m0/s1. The zero-order valence-corrected chi connectivity index (χ0v) is 11.8. The molecule has 2 rings (SSSR count). The molecule has 104 valence electrons. The SMILES string of the molecule is COCC(=O)N1CCC[C@@H](Cc2cccc(C)n2)C1. The summed E-state index contributed by atoms with van der Waals surface area (Å²) in [5.41, 5.74) is 2.19. The van der Waals surface area contributed by atoms with E-state index in [9.17, 15) is 4.79 Å². The zero-order valence-electron chi connectivity index (χ0n) is 11.8. The second-order valence-corrected chi connectivity index (χ2v) is 5.26. The van der Waals surface area contributed by atoms with E-state index in [4.69, 9.17) is 4.74 Å². The number of carbonyl (C=O) groups excluding carboxylic acids is 1. The Morgan fingerprint density at radius 2 is 2.37 bits per heavy atom. The summed E-state index contributed by atoms with van der Waals surface area (Å²) in [5.74, 6) is 0.619. The maximum absolute atomic E-state index is 11.8. The maximum atomic E-state index is 11.8. The van der Waals surface area contributed by atoms with E-state index in [0.29, 0.717) is 5.92 Å². The molecule has 19 heavy (non-hydrogen) atoms. The third kappa shape index (κ3) is 4.03. The van der Waals surface area contributed by atoms with Crippen LogP contribution < -0.4 is 0 Å². The molecule has 1 aromatic rings. The van der Waals surface area contributed by atoms with E-state index in [1.807, 2.05) is 24.0 Å². The monoisotopic (exact) mass is 262 g/mol. The van der Waals surface area contributed by atoms with Gasteiger partial charge in [0.2, 0.25) is 5.91 Å². The van der Waals surface area contributed by atoms with E-state index in [1.165, 1.54) is 6.42 Å². The summed E-state index contributed by atoms with van der Waals surface area (Å²) in [5, 5.41) is 0. The summed E-state index contributed by atoms with van der Waals surface area (Å²) in [6.07, 6.45) is 3.21. The molecular weight excluding hydrogens is 240 g/mol. The number of hydrogen-bond donors (Lipinski definition) is 0. The van der Waals surface area contributed by atoms with Crippen LogP contribution in [0.4, 0.5) is 0 Å². The lowest BCUT2D eigenvalue weighted by Crippen LogP contribution is -2.42. The second-order valence-electron chi connectivity index (χ2n) is 5.26. The van der Waals surface area contributed by atoms with Gasteiger partial charge in [0.25, 0.3) is 0 Å². The van der Waals surface area contributed by atoms with Crippen molar-refractivity contribution in [2.75, 3.05) is 26.8 Å². The minimum Gasteiger partial charge on any atom is -0.375 e. The van der Waals surface area contributed by atoms with Crippen molar-refractivity contribution in [3.63, 3.8) is 0 Å². The minimum atomic E-state index is 0.101. The molecule has 0 spiro atoms. The number of likely N-dealkylation sites (tertiary alicyclic amines) is 1. The molecule has 2 heterocycles. The fraction of sp³-hybridized carbons (Fsp3) is 0.600. The van der Waals surface area contributed by atoms with Crippen LogP contribution in [0.2, 0.25) is 0 Å². The van der Waals surface area contributed by atoms with Gasteiger partial charge >= 0.3 is 0 Å². The van der Waals surface area contributed by atoms with Crippen molar-refractivity contribution >= 4 is 5.91 Å². The summed E-state index contributed by atoms with van der Waals surface area (Å²) in [6.45, 7) is 3.89. The number of rotatable bonds is 4. The first-order chi connectivity index (χ1) is 9.19. The minimum absolute atomic E-state index is 0.101. The Morgan fingerprint density at radius 3 is 3.11 bits per heavy atom. The largest absolute Gasteiger partial charge is 0.375 e. The molecule has 1 aliphatic rings. The van der Waals surface area contributed by atoms with Gasteiger partial charge in [0.15, 0.2) is 0 Å². The van der Waals surface area contributed by atoms with Crippen molar-refractivity contribution in [1.82, 2.24) is 9.88 Å². The summed E-state index contributed by atoms with van der Waals surface area (Å²) < 4.78 is 4.92. The average molecular weight is 262 g/mol. The van der Waals surface area contributed by atoms with Gasteiger partial charge in [-0.25, -0.2) is 0 Å². The van der Waals surface area contributed by atoms with E-state index in [2.05, 4.69) is 11.1 Å². The first-order valence-corrected chi connectivity index (χ1v) is 6.88. The highest BCUT2D eigenvalue weighted by Crippen LogP contribution is 2.20. The normalized spacial score (nSPS) is 19.5. The van der Waals surface area contributed by atoms with Crippen LogP contribution in [-0.2, 0) is 16.0 Å². The van der Waals surface area contributed by atoms with Crippen LogP contribution >= 0.6 is 0 Å². The smallest absolute Gasteiger partial charge is 0.248 e. The number of piperidine rings is 1. The van der Waals surface area contributed by atoms with E-state index in [-0.39, 0.29) is 12.5 Å². The van der Waals surface area contributed by atoms with Crippen LogP contribution in [0.5, 0.6) is 0 Å². The number of methoxy groups -OCH3 is 1. The van der Waals surface area contributed by atoms with Crippen LogP contribution in [0.1, 0.15) is 24.2 Å². The summed E-state index contributed by atoms with van der Waals surface area (Å²) in [7, 11) is 1.57. The molecule has 1 saturated heterocycles. The number of ether oxygens (including phenoxy) is 1. The van der Waals surface area contributed by atoms with Gasteiger partial charge < -0.3 is 9.64 Å². The van der Waals surface area contributed by atoms with Crippen molar-refractivity contribution < 1.29 is 9.53 Å². The highest BCUT2D eigenvalue weighted by molar-refractivity contribution is 5.77. The van der Waals surface area contributed by atoms with Crippen molar-refractivity contribution in [2.24, 2.45) is 5.92 Å². The molecule has 0 unspecified atom stereocenters. The Labute approximate surface area is 114 Å². The number of carbonyl (C=O) groups is 1. The van der Waals surface area contributed by atoms with Crippen LogP contribution in [-0.4, -0.2) is 42.6 Å². The zero-order chi connectivity index (χ0) is 13.7. The van der Waals surface area contributed by atoms with Gasteiger partial charge in [-0.1, -0.05) is 6.07 Å². The third-order valence-corrected chi connectivity index (χ3v) is 3.58. The number of nitrogens with zero attached hydrogens (tertiary/aromatic N) is 2. The summed E-state index contributed by atoms with van der Waals surface area (Å²) in [4.78, 5) is 18.3. The Morgan fingerprint density at radius 1 is 1.53 bits per heavy atom. The first-order valence-electron chi connectivity index (χ1n) is 6.88. The van der Waals surface area contributed by atoms with E-state index >= 15 is 0 Å². The predicted molar refractivity (Wildman–Crippen MR) is 73.9 cm³/mol. The number of pyridine rings is 1. The quantitative estimate of drug-likeness (QED) is 0.831. The molecule has 0 bridgehead atoms. The average Bonchev–Trinajstić information content (AvgIpc) is 2.39. The number of aryl methyl sites for hydroxylation is 1. The molecular formula is C15H22N2O2. The molecule has 1 amide bonds. The van der Waals surface area contributed by atoms with E-state index in [0.717, 1.165) is 37.3 Å². The van der Waals surface area contributed by atoms with Gasteiger partial charge in [0, 0.05) is 31.6 Å². The fourth-order valence-electron chi connectivity index (χ4n) is 2.68. The van der Waals surface area contributed by atoms with Crippen LogP contribution in [0, 0.1) is 12.8 Å². The number of hydrogen-bond acceptors (Lipinski definition) is 3. The molecule has 4 heteroatoms. The third-order valence-electron chi connectivity index (χ3n) is 3.58. The van der Waals surface area contributed by atoms with Gasteiger partial charge in [0.05, 0.1) is 0 Å². The summed E-state index contributed by atoms with van der Waals surface area (Å²) >= 11 is 0. The maximum Gasteiger partial charge on any atom is 0.248 e. The van der Waals surface area contributed by atoms with Gasteiger partial charge in [-0.15, -0.1) is 0 Å². The molecule has 1 atom stereocenters. The van der Waals surface area contributed by atoms with Crippen LogP contribution in [0.3, 0.4) is 0 Å². The molecule has 0 saturated carbocycles. The number of amides is 1. The Bertz CT molecular complexity index is 434. The molecule has 1 aliphatic heterocycles. The van der Waals surface area contributed by atoms with Crippen LogP contribution in [0.15, 0.2) is 18.2 Å². The van der Waals surface area contributed by atoms with Gasteiger partial charge in [0.1, 0.15) is 6.61 Å². The van der Waals surface area contributed by atoms with E-state index in [1.54, 1.807) is 7.11 Å². The Balaban J connectivity index is 1.92. The van der Waals surface area contributed by atoms with Gasteiger partial charge in [-0.3, -0.25) is 9.78 Å². The first kappa shape index (κ1) is 14.0. The Hall–Kier alpha value is -1.42. The molecule has 0 aromatic carbocycles. The molecule has 1 fully saturated rings. The van der Waals surface area contributed by atoms with Gasteiger partial charge in [-0.05, 0) is 44.2 Å². The van der Waals surface area contributed by atoms with Crippen molar-refractivity contribution in [1.29, 1.82) is 0 Å². The second kappa shape index (κ2) is 6.66. The van der Waals surface area contributed by atoms with Crippen molar-refractivity contribution in [3.8, 4) is 0 Å². The molecule has 4 nitrogen and oxygen atoms in total. The highest BCUT2D eigenvalue weighted by atomic mass is 16.5. The van der Waals surface area contributed by atoms with Crippen molar-refractivity contribution in [2.45, 2.75) is 26.2 Å². The lowest BCUT2D eigenvalue weighted by atomic mass is 9.93. The summed E-state index contributed by atoms with van der Waals surface area (Å²) in [6, 6.07) is 6.13. The predicted octanol–water partition coefficient (Wildman–Crippen LogP) is 1.82. The highest BCUT2D eigenvalue weighted by Gasteiger charge is 2.23. The molecule has 1 aromatic heterocycles.